The molecule has 0 radical (unpaired) electrons. The highest BCUT2D eigenvalue weighted by molar-refractivity contribution is 5.48. The van der Waals surface area contributed by atoms with Crippen LogP contribution in [0.25, 0.3) is 0 Å². The zero-order chi connectivity index (χ0) is 12.1. The number of aliphatic hydroxyl groups excluding tert-OH is 1. The van der Waals surface area contributed by atoms with Crippen LogP contribution in [0.2, 0.25) is 0 Å². The summed E-state index contributed by atoms with van der Waals surface area (Å²) in [4.78, 5) is 6.64. The minimum Gasteiger partial charge on any atom is -0.389 e. The van der Waals surface area contributed by atoms with Gasteiger partial charge in [-0.25, -0.2) is 4.98 Å². The highest BCUT2D eigenvalue weighted by atomic mass is 16.3. The molecule has 1 rings (SSSR count). The first-order chi connectivity index (χ1) is 7.61. The fraction of sp³-hybridized carbons (Fsp3) is 0.615. The van der Waals surface area contributed by atoms with Crippen molar-refractivity contribution in [3.05, 3.63) is 23.9 Å². The van der Waals surface area contributed by atoms with E-state index in [0.29, 0.717) is 6.04 Å². The van der Waals surface area contributed by atoms with E-state index < -0.39 is 6.10 Å². The molecule has 0 spiro atoms. The molecule has 0 saturated heterocycles. The predicted molar refractivity (Wildman–Crippen MR) is 67.6 cm³/mol. The number of nitrogens with zero attached hydrogens (tertiary/aromatic N) is 2. The first-order valence-corrected chi connectivity index (χ1v) is 6.01. The summed E-state index contributed by atoms with van der Waals surface area (Å²) >= 11 is 0. The molecule has 0 aromatic carbocycles. The zero-order valence-electron chi connectivity index (χ0n) is 10.6. The molecule has 3 nitrogen and oxygen atoms in total. The summed E-state index contributed by atoms with van der Waals surface area (Å²) in [6.07, 6.45) is 2.39. The summed E-state index contributed by atoms with van der Waals surface area (Å²) in [6, 6.07) is 4.26. The van der Waals surface area contributed by atoms with Gasteiger partial charge in [-0.3, -0.25) is 0 Å². The van der Waals surface area contributed by atoms with E-state index in [1.807, 2.05) is 12.1 Å². The van der Waals surface area contributed by atoms with E-state index in [0.717, 1.165) is 24.3 Å². The van der Waals surface area contributed by atoms with Crippen LogP contribution in [0.4, 0.5) is 5.82 Å². The number of rotatable bonds is 5. The molecule has 90 valence electrons. The molecule has 0 saturated carbocycles. The van der Waals surface area contributed by atoms with Gasteiger partial charge in [0.05, 0.1) is 6.10 Å². The van der Waals surface area contributed by atoms with E-state index in [9.17, 15) is 5.11 Å². The number of hydrogen-bond donors (Lipinski definition) is 1. The van der Waals surface area contributed by atoms with Gasteiger partial charge < -0.3 is 10.0 Å². The number of aromatic nitrogens is 1. The molecule has 0 fully saturated rings. The van der Waals surface area contributed by atoms with Crippen LogP contribution in [-0.4, -0.2) is 22.7 Å². The molecule has 0 aliphatic heterocycles. The molecular weight excluding hydrogens is 200 g/mol. The third-order valence-corrected chi connectivity index (χ3v) is 3.00. The van der Waals surface area contributed by atoms with Crippen molar-refractivity contribution in [1.29, 1.82) is 0 Å². The third-order valence-electron chi connectivity index (χ3n) is 3.00. The van der Waals surface area contributed by atoms with Crippen molar-refractivity contribution >= 4 is 5.82 Å². The molecule has 2 atom stereocenters. The second-order valence-corrected chi connectivity index (χ2v) is 4.14. The van der Waals surface area contributed by atoms with Crippen LogP contribution in [0.15, 0.2) is 18.3 Å². The van der Waals surface area contributed by atoms with Crippen LogP contribution in [0.3, 0.4) is 0 Å². The Hall–Kier alpha value is -1.09. The van der Waals surface area contributed by atoms with Crippen LogP contribution in [0, 0.1) is 0 Å². The minimum atomic E-state index is -0.471. The van der Waals surface area contributed by atoms with Crippen LogP contribution >= 0.6 is 0 Å². The number of anilines is 1. The standard InChI is InChI=1S/C13H22N2O/c1-5-10(3)15(6-2)13-12(11(4)16)8-7-9-14-13/h7-11,16H,5-6H2,1-4H3/t10?,11-/m1/s1. The van der Waals surface area contributed by atoms with Crippen molar-refractivity contribution in [1.82, 2.24) is 4.98 Å². The second-order valence-electron chi connectivity index (χ2n) is 4.14. The highest BCUT2D eigenvalue weighted by Crippen LogP contribution is 2.25. The smallest absolute Gasteiger partial charge is 0.134 e. The maximum atomic E-state index is 9.74. The Morgan fingerprint density at radius 1 is 1.38 bits per heavy atom. The molecule has 0 bridgehead atoms. The lowest BCUT2D eigenvalue weighted by Gasteiger charge is -2.30. The van der Waals surface area contributed by atoms with Gasteiger partial charge >= 0.3 is 0 Å². The minimum absolute atomic E-state index is 0.442. The molecular formula is C13H22N2O. The van der Waals surface area contributed by atoms with Crippen molar-refractivity contribution in [3.63, 3.8) is 0 Å². The summed E-state index contributed by atoms with van der Waals surface area (Å²) in [7, 11) is 0. The van der Waals surface area contributed by atoms with Crippen molar-refractivity contribution in [2.75, 3.05) is 11.4 Å². The van der Waals surface area contributed by atoms with Gasteiger partial charge in [0.25, 0.3) is 0 Å². The van der Waals surface area contributed by atoms with E-state index in [4.69, 9.17) is 0 Å². The molecule has 1 unspecified atom stereocenters. The first-order valence-electron chi connectivity index (χ1n) is 6.01. The average Bonchev–Trinajstić information content (AvgIpc) is 2.30. The van der Waals surface area contributed by atoms with Crippen molar-refractivity contribution in [2.45, 2.75) is 46.3 Å². The summed E-state index contributed by atoms with van der Waals surface area (Å²) in [6.45, 7) is 9.16. The van der Waals surface area contributed by atoms with E-state index in [2.05, 4.69) is 30.7 Å². The lowest BCUT2D eigenvalue weighted by atomic mass is 10.1. The number of pyridine rings is 1. The van der Waals surface area contributed by atoms with Crippen LogP contribution in [0.5, 0.6) is 0 Å². The van der Waals surface area contributed by atoms with Crippen molar-refractivity contribution in [2.24, 2.45) is 0 Å². The Morgan fingerprint density at radius 2 is 2.06 bits per heavy atom. The molecule has 16 heavy (non-hydrogen) atoms. The fourth-order valence-electron chi connectivity index (χ4n) is 1.87. The topological polar surface area (TPSA) is 36.4 Å². The monoisotopic (exact) mass is 222 g/mol. The molecule has 0 amide bonds. The quantitative estimate of drug-likeness (QED) is 0.832. The van der Waals surface area contributed by atoms with E-state index in [1.54, 1.807) is 13.1 Å². The Labute approximate surface area is 98.1 Å². The fourth-order valence-corrected chi connectivity index (χ4v) is 1.87. The molecule has 0 aliphatic rings. The molecule has 1 aromatic heterocycles. The lowest BCUT2D eigenvalue weighted by Crippen LogP contribution is -2.34. The average molecular weight is 222 g/mol. The Bertz CT molecular complexity index is 325. The van der Waals surface area contributed by atoms with Crippen molar-refractivity contribution in [3.8, 4) is 0 Å². The molecule has 3 heteroatoms. The molecule has 1 N–H and O–H groups in total. The van der Waals surface area contributed by atoms with E-state index in [1.165, 1.54) is 0 Å². The van der Waals surface area contributed by atoms with Gasteiger partial charge in [-0.05, 0) is 33.3 Å². The SMILES string of the molecule is CCC(C)N(CC)c1ncccc1[C@@H](C)O. The maximum Gasteiger partial charge on any atom is 0.134 e. The van der Waals surface area contributed by atoms with Gasteiger partial charge in [-0.2, -0.15) is 0 Å². The van der Waals surface area contributed by atoms with Gasteiger partial charge in [0.2, 0.25) is 0 Å². The maximum absolute atomic E-state index is 9.74. The van der Waals surface area contributed by atoms with Gasteiger partial charge in [0.1, 0.15) is 5.82 Å². The van der Waals surface area contributed by atoms with Gasteiger partial charge in [0.15, 0.2) is 0 Å². The normalized spacial score (nSPS) is 14.6. The summed E-state index contributed by atoms with van der Waals surface area (Å²) in [5, 5.41) is 9.74. The number of hydrogen-bond acceptors (Lipinski definition) is 3. The summed E-state index contributed by atoms with van der Waals surface area (Å²) in [5.41, 5.74) is 0.907. The van der Waals surface area contributed by atoms with Gasteiger partial charge in [0, 0.05) is 24.3 Å². The summed E-state index contributed by atoms with van der Waals surface area (Å²) in [5.74, 6) is 0.911. The molecule has 1 aromatic rings. The third kappa shape index (κ3) is 2.73. The largest absolute Gasteiger partial charge is 0.389 e. The first kappa shape index (κ1) is 13.0. The van der Waals surface area contributed by atoms with Crippen LogP contribution < -0.4 is 4.90 Å². The molecule has 0 aliphatic carbocycles. The lowest BCUT2D eigenvalue weighted by molar-refractivity contribution is 0.199. The Balaban J connectivity index is 3.09. The summed E-state index contributed by atoms with van der Waals surface area (Å²) < 4.78 is 0. The van der Waals surface area contributed by atoms with Crippen molar-refractivity contribution < 1.29 is 5.11 Å². The van der Waals surface area contributed by atoms with E-state index >= 15 is 0 Å². The Kier molecular flexibility index (Phi) is 4.74. The van der Waals surface area contributed by atoms with Crippen LogP contribution in [-0.2, 0) is 0 Å². The number of aliphatic hydroxyl groups is 1. The Morgan fingerprint density at radius 3 is 2.56 bits per heavy atom. The molecule has 1 heterocycles. The highest BCUT2D eigenvalue weighted by Gasteiger charge is 2.17. The predicted octanol–water partition coefficient (Wildman–Crippen LogP) is 2.76. The van der Waals surface area contributed by atoms with Gasteiger partial charge in [-0.1, -0.05) is 13.0 Å². The zero-order valence-corrected chi connectivity index (χ0v) is 10.6. The van der Waals surface area contributed by atoms with Gasteiger partial charge in [-0.15, -0.1) is 0 Å². The van der Waals surface area contributed by atoms with E-state index in [-0.39, 0.29) is 0 Å². The second kappa shape index (κ2) is 5.85. The van der Waals surface area contributed by atoms with Crippen LogP contribution in [0.1, 0.15) is 45.8 Å².